The molecule has 0 radical (unpaired) electrons. The van der Waals surface area contributed by atoms with E-state index in [1.807, 2.05) is 0 Å². The van der Waals surface area contributed by atoms with Crippen LogP contribution in [0.4, 0.5) is 0 Å². The van der Waals surface area contributed by atoms with Crippen molar-refractivity contribution >= 4 is 0 Å². The van der Waals surface area contributed by atoms with Crippen molar-refractivity contribution in [2.45, 2.75) is 63.6 Å². The molecule has 2 saturated carbocycles. The summed E-state index contributed by atoms with van der Waals surface area (Å²) in [5.74, 6) is 2.08. The van der Waals surface area contributed by atoms with Gasteiger partial charge in [-0.25, -0.2) is 0 Å². The molecule has 2 aliphatic carbocycles. The minimum Gasteiger partial charge on any atom is -0.390 e. The first kappa shape index (κ1) is 12.9. The lowest BCUT2D eigenvalue weighted by molar-refractivity contribution is -0.0685. The van der Waals surface area contributed by atoms with Crippen LogP contribution in [0.2, 0.25) is 0 Å². The molecule has 4 rings (SSSR count). The lowest BCUT2D eigenvalue weighted by atomic mass is 9.65. The maximum Gasteiger partial charge on any atom is 0.0668 e. The third-order valence-corrected chi connectivity index (χ3v) is 5.60. The molecule has 2 aliphatic heterocycles. The molecule has 0 aromatic rings. The molecule has 2 heterocycles. The van der Waals surface area contributed by atoms with Gasteiger partial charge in [0.25, 0.3) is 0 Å². The second kappa shape index (κ2) is 4.46. The fourth-order valence-corrected chi connectivity index (χ4v) is 5.08. The molecule has 104 valence electrons. The molecular weight excluding hydrogens is 224 g/mol. The zero-order valence-corrected chi connectivity index (χ0v) is 11.8. The molecule has 4 aliphatic rings. The molecule has 18 heavy (non-hydrogen) atoms. The van der Waals surface area contributed by atoms with Crippen LogP contribution >= 0.6 is 0 Å². The van der Waals surface area contributed by atoms with Crippen molar-refractivity contribution in [3.05, 3.63) is 0 Å². The Morgan fingerprint density at radius 1 is 1.22 bits per heavy atom. The van der Waals surface area contributed by atoms with E-state index in [1.165, 1.54) is 19.4 Å². The summed E-state index contributed by atoms with van der Waals surface area (Å²) < 4.78 is 0. The lowest BCUT2D eigenvalue weighted by Crippen LogP contribution is -2.52. The first-order chi connectivity index (χ1) is 8.50. The van der Waals surface area contributed by atoms with Gasteiger partial charge in [0.05, 0.1) is 5.60 Å². The van der Waals surface area contributed by atoms with Crippen molar-refractivity contribution < 1.29 is 5.11 Å². The topological polar surface area (TPSA) is 49.5 Å². The highest BCUT2D eigenvalue weighted by Gasteiger charge is 2.51. The molecule has 0 spiro atoms. The highest BCUT2D eigenvalue weighted by atomic mass is 16.3. The zero-order chi connectivity index (χ0) is 12.9. The highest BCUT2D eigenvalue weighted by molar-refractivity contribution is 5.04. The molecule has 3 N–H and O–H groups in total. The Balaban J connectivity index is 1.85. The smallest absolute Gasteiger partial charge is 0.0668 e. The summed E-state index contributed by atoms with van der Waals surface area (Å²) in [7, 11) is 0. The van der Waals surface area contributed by atoms with E-state index in [1.54, 1.807) is 0 Å². The lowest BCUT2D eigenvalue weighted by Gasteiger charge is -2.46. The summed E-state index contributed by atoms with van der Waals surface area (Å²) in [5, 5.41) is 10.7. The minimum absolute atomic E-state index is 0.346. The van der Waals surface area contributed by atoms with E-state index >= 15 is 0 Å². The minimum atomic E-state index is -0.346. The van der Waals surface area contributed by atoms with E-state index in [4.69, 9.17) is 5.73 Å². The molecule has 5 unspecified atom stereocenters. The van der Waals surface area contributed by atoms with E-state index in [2.05, 4.69) is 18.7 Å². The molecule has 0 aromatic carbocycles. The summed E-state index contributed by atoms with van der Waals surface area (Å²) in [4.78, 5) is 2.66. The summed E-state index contributed by atoms with van der Waals surface area (Å²) >= 11 is 0. The number of fused-ring (bicyclic) bond motifs is 1. The Hall–Kier alpha value is -0.120. The fraction of sp³-hybridized carbons (Fsp3) is 1.00. The second-order valence-electron chi connectivity index (χ2n) is 7.44. The van der Waals surface area contributed by atoms with Crippen LogP contribution in [0.25, 0.3) is 0 Å². The Morgan fingerprint density at radius 3 is 2.56 bits per heavy atom. The van der Waals surface area contributed by atoms with Gasteiger partial charge in [0, 0.05) is 25.2 Å². The standard InChI is InChI=1S/C15H28N2O/c1-10(2)14(8-16)17-9-12-3-11-4-13(17)7-15(18,5-11)6-12/h10-14,18H,3-9,16H2,1-2H3. The van der Waals surface area contributed by atoms with Crippen molar-refractivity contribution in [2.75, 3.05) is 13.1 Å². The number of hydrogen-bond donors (Lipinski definition) is 2. The van der Waals surface area contributed by atoms with Gasteiger partial charge in [-0.3, -0.25) is 4.90 Å². The van der Waals surface area contributed by atoms with Crippen LogP contribution in [0.5, 0.6) is 0 Å². The van der Waals surface area contributed by atoms with E-state index in [0.29, 0.717) is 23.9 Å². The quantitative estimate of drug-likeness (QED) is 0.802. The number of aliphatic hydroxyl groups is 1. The fourth-order valence-electron chi connectivity index (χ4n) is 5.08. The number of nitrogens with two attached hydrogens (primary N) is 1. The van der Waals surface area contributed by atoms with Crippen LogP contribution in [0.1, 0.15) is 46.0 Å². The molecule has 3 nitrogen and oxygen atoms in total. The van der Waals surface area contributed by atoms with Crippen LogP contribution in [0.15, 0.2) is 0 Å². The Morgan fingerprint density at radius 2 is 1.94 bits per heavy atom. The molecule has 2 saturated heterocycles. The number of hydrogen-bond acceptors (Lipinski definition) is 3. The van der Waals surface area contributed by atoms with E-state index in [0.717, 1.165) is 31.7 Å². The van der Waals surface area contributed by atoms with Crippen LogP contribution in [-0.2, 0) is 0 Å². The van der Waals surface area contributed by atoms with Gasteiger partial charge in [0.1, 0.15) is 0 Å². The van der Waals surface area contributed by atoms with Crippen LogP contribution in [0, 0.1) is 17.8 Å². The summed E-state index contributed by atoms with van der Waals surface area (Å²) in [6.45, 7) is 6.48. The molecule has 3 heteroatoms. The third kappa shape index (κ3) is 2.10. The summed E-state index contributed by atoms with van der Waals surface area (Å²) in [6.07, 6.45) is 5.71. The van der Waals surface area contributed by atoms with Crippen molar-refractivity contribution in [2.24, 2.45) is 23.5 Å². The predicted molar refractivity (Wildman–Crippen MR) is 73.2 cm³/mol. The maximum absolute atomic E-state index is 10.7. The summed E-state index contributed by atoms with van der Waals surface area (Å²) in [5.41, 5.74) is 5.67. The number of nitrogens with zero attached hydrogens (tertiary/aromatic N) is 1. The highest BCUT2D eigenvalue weighted by Crippen LogP contribution is 2.50. The maximum atomic E-state index is 10.7. The average molecular weight is 252 g/mol. The monoisotopic (exact) mass is 252 g/mol. The van der Waals surface area contributed by atoms with Gasteiger partial charge < -0.3 is 10.8 Å². The predicted octanol–water partition coefficient (Wildman–Crippen LogP) is 1.60. The van der Waals surface area contributed by atoms with Crippen molar-refractivity contribution in [1.29, 1.82) is 0 Å². The Labute approximate surface area is 111 Å². The molecular formula is C15H28N2O. The van der Waals surface area contributed by atoms with Gasteiger partial charge in [-0.1, -0.05) is 13.8 Å². The Kier molecular flexibility index (Phi) is 3.20. The first-order valence-corrected chi connectivity index (χ1v) is 7.69. The molecule has 5 atom stereocenters. The third-order valence-electron chi connectivity index (χ3n) is 5.60. The molecule has 4 bridgehead atoms. The van der Waals surface area contributed by atoms with Crippen molar-refractivity contribution in [1.82, 2.24) is 4.90 Å². The van der Waals surface area contributed by atoms with Crippen molar-refractivity contribution in [3.8, 4) is 0 Å². The van der Waals surface area contributed by atoms with Gasteiger partial charge in [-0.2, -0.15) is 0 Å². The SMILES string of the molecule is CC(C)C(CN)N1CC2CC3CC1CC(O)(C3)C2. The van der Waals surface area contributed by atoms with Crippen LogP contribution in [0.3, 0.4) is 0 Å². The second-order valence-corrected chi connectivity index (χ2v) is 7.44. The summed E-state index contributed by atoms with van der Waals surface area (Å²) in [6, 6.07) is 1.08. The largest absolute Gasteiger partial charge is 0.390 e. The van der Waals surface area contributed by atoms with Gasteiger partial charge >= 0.3 is 0 Å². The van der Waals surface area contributed by atoms with Gasteiger partial charge in [-0.05, 0) is 49.9 Å². The van der Waals surface area contributed by atoms with Gasteiger partial charge in [0.2, 0.25) is 0 Å². The van der Waals surface area contributed by atoms with Gasteiger partial charge in [0.15, 0.2) is 0 Å². The zero-order valence-electron chi connectivity index (χ0n) is 11.8. The molecule has 4 fully saturated rings. The first-order valence-electron chi connectivity index (χ1n) is 7.69. The van der Waals surface area contributed by atoms with Crippen molar-refractivity contribution in [3.63, 3.8) is 0 Å². The van der Waals surface area contributed by atoms with Gasteiger partial charge in [-0.15, -0.1) is 0 Å². The van der Waals surface area contributed by atoms with E-state index in [-0.39, 0.29) is 5.60 Å². The van der Waals surface area contributed by atoms with E-state index in [9.17, 15) is 5.11 Å². The Bertz CT molecular complexity index is 320. The number of rotatable bonds is 3. The van der Waals surface area contributed by atoms with Crippen LogP contribution < -0.4 is 5.73 Å². The average Bonchev–Trinajstić information content (AvgIpc) is 2.41. The molecule has 0 amide bonds. The normalized spacial score (nSPS) is 45.5. The van der Waals surface area contributed by atoms with Crippen LogP contribution in [-0.4, -0.2) is 40.8 Å². The molecule has 0 aromatic heterocycles. The van der Waals surface area contributed by atoms with E-state index < -0.39 is 0 Å².